The van der Waals surface area contributed by atoms with Crippen molar-refractivity contribution < 1.29 is 23.5 Å². The van der Waals surface area contributed by atoms with Crippen LogP contribution < -0.4 is 9.47 Å². The Kier molecular flexibility index (Phi) is 7.18. The Bertz CT molecular complexity index is 1010. The van der Waals surface area contributed by atoms with Crippen LogP contribution >= 0.6 is 23.4 Å². The van der Waals surface area contributed by atoms with E-state index in [4.69, 9.17) is 21.1 Å². The van der Waals surface area contributed by atoms with Gasteiger partial charge in [0, 0.05) is 6.54 Å². The molecule has 0 spiro atoms. The van der Waals surface area contributed by atoms with Crippen LogP contribution in [0.5, 0.6) is 11.5 Å². The molecule has 0 aromatic heterocycles. The van der Waals surface area contributed by atoms with Gasteiger partial charge in [-0.25, -0.2) is 4.39 Å². The molecule has 3 rings (SSSR count). The van der Waals surface area contributed by atoms with Gasteiger partial charge in [0.25, 0.3) is 11.1 Å². The Morgan fingerprint density at radius 1 is 1.20 bits per heavy atom. The maximum atomic E-state index is 13.1. The van der Waals surface area contributed by atoms with E-state index in [2.05, 4.69) is 6.58 Å². The molecule has 1 saturated heterocycles. The summed E-state index contributed by atoms with van der Waals surface area (Å²) in [5, 5.41) is -0.0545. The molecule has 8 heteroatoms. The van der Waals surface area contributed by atoms with Crippen LogP contribution in [-0.4, -0.2) is 29.2 Å². The lowest BCUT2D eigenvalue weighted by atomic mass is 10.1. The van der Waals surface area contributed by atoms with Gasteiger partial charge >= 0.3 is 0 Å². The van der Waals surface area contributed by atoms with E-state index in [1.807, 2.05) is 6.92 Å². The minimum Gasteiger partial charge on any atom is -0.490 e. The Morgan fingerprint density at radius 2 is 1.93 bits per heavy atom. The standard InChI is InChI=1S/C22H19ClFNO4S/c1-3-9-25-21(26)19(30-22(25)27)12-15-10-17(23)20(18(11-15)28-4-2)29-13-14-5-7-16(24)8-6-14/h3,5-8,10-12H,1,4,9,13H2,2H3. The van der Waals surface area contributed by atoms with E-state index in [-0.39, 0.29) is 30.1 Å². The van der Waals surface area contributed by atoms with Gasteiger partial charge in [0.05, 0.1) is 16.5 Å². The second kappa shape index (κ2) is 9.82. The molecule has 2 aromatic rings. The van der Waals surface area contributed by atoms with E-state index in [0.29, 0.717) is 33.6 Å². The van der Waals surface area contributed by atoms with Crippen LogP contribution in [0, 0.1) is 5.82 Å². The molecular weight excluding hydrogens is 429 g/mol. The average Bonchev–Trinajstić information content (AvgIpc) is 2.97. The summed E-state index contributed by atoms with van der Waals surface area (Å²) in [5.41, 5.74) is 1.37. The number of imide groups is 1. The molecular formula is C22H19ClFNO4S. The summed E-state index contributed by atoms with van der Waals surface area (Å²) in [4.78, 5) is 25.8. The molecule has 0 aliphatic carbocycles. The Morgan fingerprint density at radius 3 is 2.60 bits per heavy atom. The average molecular weight is 448 g/mol. The molecule has 1 fully saturated rings. The topological polar surface area (TPSA) is 55.8 Å². The molecule has 2 aromatic carbocycles. The molecule has 5 nitrogen and oxygen atoms in total. The first-order chi connectivity index (χ1) is 14.4. The minimum atomic E-state index is -0.379. The molecule has 0 radical (unpaired) electrons. The molecule has 0 saturated carbocycles. The highest BCUT2D eigenvalue weighted by atomic mass is 35.5. The van der Waals surface area contributed by atoms with Crippen molar-refractivity contribution in [2.75, 3.05) is 13.2 Å². The van der Waals surface area contributed by atoms with Crippen molar-refractivity contribution in [3.8, 4) is 11.5 Å². The van der Waals surface area contributed by atoms with Crippen LogP contribution in [0.15, 0.2) is 54.0 Å². The zero-order valence-electron chi connectivity index (χ0n) is 16.2. The van der Waals surface area contributed by atoms with Gasteiger partial charge in [-0.2, -0.15) is 0 Å². The summed E-state index contributed by atoms with van der Waals surface area (Å²) in [6.07, 6.45) is 3.09. The Balaban J connectivity index is 1.85. The lowest BCUT2D eigenvalue weighted by Crippen LogP contribution is -2.27. The lowest BCUT2D eigenvalue weighted by molar-refractivity contribution is -0.122. The van der Waals surface area contributed by atoms with Gasteiger partial charge in [0.15, 0.2) is 11.5 Å². The lowest BCUT2D eigenvalue weighted by Gasteiger charge is -2.15. The number of hydrogen-bond donors (Lipinski definition) is 0. The van der Waals surface area contributed by atoms with E-state index >= 15 is 0 Å². The number of amides is 2. The van der Waals surface area contributed by atoms with Gasteiger partial charge in [-0.15, -0.1) is 6.58 Å². The van der Waals surface area contributed by atoms with Gasteiger partial charge in [0.2, 0.25) is 0 Å². The van der Waals surface area contributed by atoms with Crippen LogP contribution in [0.3, 0.4) is 0 Å². The largest absolute Gasteiger partial charge is 0.490 e. The minimum absolute atomic E-state index is 0.156. The number of carbonyl (C=O) groups is 2. The monoisotopic (exact) mass is 447 g/mol. The molecule has 1 heterocycles. The van der Waals surface area contributed by atoms with Gasteiger partial charge in [-0.1, -0.05) is 29.8 Å². The smallest absolute Gasteiger partial charge is 0.293 e. The highest BCUT2D eigenvalue weighted by molar-refractivity contribution is 8.18. The van der Waals surface area contributed by atoms with Gasteiger partial charge in [0.1, 0.15) is 12.4 Å². The zero-order valence-corrected chi connectivity index (χ0v) is 17.8. The van der Waals surface area contributed by atoms with E-state index < -0.39 is 0 Å². The normalized spacial score (nSPS) is 15.0. The predicted molar refractivity (Wildman–Crippen MR) is 116 cm³/mol. The fourth-order valence-electron chi connectivity index (χ4n) is 2.75. The highest BCUT2D eigenvalue weighted by Crippen LogP contribution is 2.39. The number of carbonyl (C=O) groups excluding carboxylic acids is 2. The van der Waals surface area contributed by atoms with Crippen LogP contribution in [0.4, 0.5) is 9.18 Å². The van der Waals surface area contributed by atoms with Crippen LogP contribution in [0.1, 0.15) is 18.1 Å². The van der Waals surface area contributed by atoms with Crippen molar-refractivity contribution >= 4 is 40.6 Å². The Hall–Kier alpha value is -2.77. The summed E-state index contributed by atoms with van der Waals surface area (Å²) < 4.78 is 24.5. The summed E-state index contributed by atoms with van der Waals surface area (Å²) in [5.74, 6) is 0.0488. The molecule has 1 aliphatic heterocycles. The van der Waals surface area contributed by atoms with E-state index in [9.17, 15) is 14.0 Å². The maximum absolute atomic E-state index is 13.1. The van der Waals surface area contributed by atoms with Crippen molar-refractivity contribution in [1.29, 1.82) is 0 Å². The first-order valence-electron chi connectivity index (χ1n) is 9.12. The quantitative estimate of drug-likeness (QED) is 0.385. The molecule has 30 heavy (non-hydrogen) atoms. The number of ether oxygens (including phenoxy) is 2. The molecule has 1 aliphatic rings. The SMILES string of the molecule is C=CCN1C(=O)SC(=Cc2cc(Cl)c(OCc3ccc(F)cc3)c(OCC)c2)C1=O. The zero-order chi connectivity index (χ0) is 21.7. The Labute approximate surface area is 183 Å². The van der Waals surface area contributed by atoms with Crippen molar-refractivity contribution in [3.05, 3.63) is 75.9 Å². The second-order valence-electron chi connectivity index (χ2n) is 6.26. The maximum Gasteiger partial charge on any atom is 0.293 e. The highest BCUT2D eigenvalue weighted by Gasteiger charge is 2.34. The number of benzene rings is 2. The second-order valence-corrected chi connectivity index (χ2v) is 7.66. The number of rotatable bonds is 8. The van der Waals surface area contributed by atoms with E-state index in [0.717, 1.165) is 22.2 Å². The fraction of sp³-hybridized carbons (Fsp3) is 0.182. The molecule has 0 bridgehead atoms. The molecule has 0 N–H and O–H groups in total. The number of halogens is 2. The summed E-state index contributed by atoms with van der Waals surface area (Å²) in [6.45, 7) is 6.10. The van der Waals surface area contributed by atoms with Crippen molar-refractivity contribution in [2.24, 2.45) is 0 Å². The third-order valence-corrected chi connectivity index (χ3v) is 5.30. The van der Waals surface area contributed by atoms with Crippen molar-refractivity contribution in [1.82, 2.24) is 4.90 Å². The molecule has 0 atom stereocenters. The third kappa shape index (κ3) is 5.04. The van der Waals surface area contributed by atoms with Gasteiger partial charge < -0.3 is 9.47 Å². The number of hydrogen-bond acceptors (Lipinski definition) is 5. The number of thioether (sulfide) groups is 1. The number of nitrogens with zero attached hydrogens (tertiary/aromatic N) is 1. The molecule has 156 valence electrons. The van der Waals surface area contributed by atoms with Crippen LogP contribution in [-0.2, 0) is 11.4 Å². The van der Waals surface area contributed by atoms with Crippen LogP contribution in [0.25, 0.3) is 6.08 Å². The van der Waals surface area contributed by atoms with Crippen molar-refractivity contribution in [3.63, 3.8) is 0 Å². The predicted octanol–water partition coefficient (Wildman–Crippen LogP) is 5.68. The van der Waals surface area contributed by atoms with Crippen LogP contribution in [0.2, 0.25) is 5.02 Å². The molecule has 2 amide bonds. The third-order valence-electron chi connectivity index (χ3n) is 4.11. The van der Waals surface area contributed by atoms with E-state index in [1.54, 1.807) is 30.3 Å². The summed E-state index contributed by atoms with van der Waals surface area (Å²) in [7, 11) is 0. The van der Waals surface area contributed by atoms with Gasteiger partial charge in [-0.3, -0.25) is 14.5 Å². The van der Waals surface area contributed by atoms with Gasteiger partial charge in [-0.05, 0) is 60.2 Å². The summed E-state index contributed by atoms with van der Waals surface area (Å²) in [6, 6.07) is 9.27. The van der Waals surface area contributed by atoms with Crippen molar-refractivity contribution in [2.45, 2.75) is 13.5 Å². The fourth-order valence-corrected chi connectivity index (χ4v) is 3.87. The molecule has 0 unspecified atom stereocenters. The first-order valence-corrected chi connectivity index (χ1v) is 10.3. The summed E-state index contributed by atoms with van der Waals surface area (Å²) >= 11 is 7.27. The first kappa shape index (κ1) is 21.9. The van der Waals surface area contributed by atoms with E-state index in [1.165, 1.54) is 18.2 Å².